The number of halogens is 1. The molecule has 2 nitrogen and oxygen atoms in total. The van der Waals surface area contributed by atoms with Gasteiger partial charge in [0.25, 0.3) is 0 Å². The maximum absolute atomic E-state index is 5.84. The quantitative estimate of drug-likeness (QED) is 0.753. The van der Waals surface area contributed by atoms with Gasteiger partial charge in [-0.15, -0.1) is 0 Å². The van der Waals surface area contributed by atoms with Crippen molar-refractivity contribution in [2.24, 2.45) is 0 Å². The van der Waals surface area contributed by atoms with E-state index in [2.05, 4.69) is 26.1 Å². The molecule has 0 aliphatic rings. The van der Waals surface area contributed by atoms with Crippen molar-refractivity contribution in [3.05, 3.63) is 23.2 Å². The van der Waals surface area contributed by atoms with Crippen LogP contribution in [0.3, 0.4) is 0 Å². The first-order valence-corrected chi connectivity index (χ1v) is 5.15. The van der Waals surface area contributed by atoms with Gasteiger partial charge in [0.1, 0.15) is 0 Å². The van der Waals surface area contributed by atoms with E-state index in [0.29, 0.717) is 10.7 Å². The van der Waals surface area contributed by atoms with E-state index in [1.54, 1.807) is 6.07 Å². The molecule has 1 aromatic rings. The van der Waals surface area contributed by atoms with Crippen molar-refractivity contribution in [1.82, 2.24) is 0 Å². The normalized spacial score (nSPS) is 11.4. The van der Waals surface area contributed by atoms with Crippen LogP contribution in [0.1, 0.15) is 27.2 Å². The summed E-state index contributed by atoms with van der Waals surface area (Å²) in [5.74, 6) is 0. The van der Waals surface area contributed by atoms with Crippen molar-refractivity contribution in [2.45, 2.75) is 32.7 Å². The predicted octanol–water partition coefficient (Wildman–Crippen LogP) is 3.52. The molecule has 0 aliphatic carbocycles. The molecule has 0 spiro atoms. The van der Waals surface area contributed by atoms with Crippen LogP contribution in [0.25, 0.3) is 0 Å². The molecule has 0 fully saturated rings. The van der Waals surface area contributed by atoms with Crippen LogP contribution in [0, 0.1) is 0 Å². The molecule has 0 amide bonds. The van der Waals surface area contributed by atoms with Crippen LogP contribution in [-0.2, 0) is 0 Å². The van der Waals surface area contributed by atoms with Crippen molar-refractivity contribution in [3.8, 4) is 0 Å². The number of rotatable bonds is 3. The summed E-state index contributed by atoms with van der Waals surface area (Å²) in [6.45, 7) is 6.42. The number of nitrogen functional groups attached to an aromatic ring is 1. The SMILES string of the molecule is CCC(C)(C)Nc1ccc(Cl)cc1N. The molecular weight excluding hydrogens is 196 g/mol. The number of hydrogen-bond acceptors (Lipinski definition) is 2. The van der Waals surface area contributed by atoms with E-state index in [0.717, 1.165) is 12.1 Å². The molecule has 0 aromatic heterocycles. The summed E-state index contributed by atoms with van der Waals surface area (Å²) in [6, 6.07) is 5.51. The molecule has 0 heterocycles. The van der Waals surface area contributed by atoms with Crippen LogP contribution in [0.4, 0.5) is 11.4 Å². The van der Waals surface area contributed by atoms with Gasteiger partial charge in [0.05, 0.1) is 11.4 Å². The molecule has 14 heavy (non-hydrogen) atoms. The van der Waals surface area contributed by atoms with E-state index < -0.39 is 0 Å². The van der Waals surface area contributed by atoms with Gasteiger partial charge in [-0.3, -0.25) is 0 Å². The summed E-state index contributed by atoms with van der Waals surface area (Å²) in [6.07, 6.45) is 1.04. The third-order valence-electron chi connectivity index (χ3n) is 2.37. The van der Waals surface area contributed by atoms with Crippen molar-refractivity contribution in [2.75, 3.05) is 11.1 Å². The van der Waals surface area contributed by atoms with Crippen molar-refractivity contribution in [3.63, 3.8) is 0 Å². The summed E-state index contributed by atoms with van der Waals surface area (Å²) in [5.41, 5.74) is 7.53. The Hall–Kier alpha value is -0.890. The number of anilines is 2. The van der Waals surface area contributed by atoms with Gasteiger partial charge in [-0.1, -0.05) is 18.5 Å². The van der Waals surface area contributed by atoms with Crippen LogP contribution in [-0.4, -0.2) is 5.54 Å². The first kappa shape index (κ1) is 11.2. The van der Waals surface area contributed by atoms with E-state index in [9.17, 15) is 0 Å². The smallest absolute Gasteiger partial charge is 0.0579 e. The van der Waals surface area contributed by atoms with Crippen molar-refractivity contribution in [1.29, 1.82) is 0 Å². The lowest BCUT2D eigenvalue weighted by Gasteiger charge is -2.26. The Kier molecular flexibility index (Phi) is 3.27. The van der Waals surface area contributed by atoms with Crippen molar-refractivity contribution < 1.29 is 0 Å². The Balaban J connectivity index is 2.87. The Morgan fingerprint density at radius 2 is 2.07 bits per heavy atom. The highest BCUT2D eigenvalue weighted by atomic mass is 35.5. The molecule has 0 unspecified atom stereocenters. The third-order valence-corrected chi connectivity index (χ3v) is 2.61. The molecule has 0 atom stereocenters. The zero-order chi connectivity index (χ0) is 10.8. The lowest BCUT2D eigenvalue weighted by Crippen LogP contribution is -2.29. The summed E-state index contributed by atoms with van der Waals surface area (Å²) in [4.78, 5) is 0. The average Bonchev–Trinajstić information content (AvgIpc) is 2.10. The number of hydrogen-bond donors (Lipinski definition) is 2. The molecule has 1 aromatic carbocycles. The Morgan fingerprint density at radius 1 is 1.43 bits per heavy atom. The molecular formula is C11H17ClN2. The Bertz CT molecular complexity index is 321. The lowest BCUT2D eigenvalue weighted by molar-refractivity contribution is 0.547. The Morgan fingerprint density at radius 3 is 2.57 bits per heavy atom. The first-order chi connectivity index (χ1) is 6.44. The molecule has 0 bridgehead atoms. The van der Waals surface area contributed by atoms with Gasteiger partial charge in [-0.2, -0.15) is 0 Å². The third kappa shape index (κ3) is 2.81. The second-order valence-electron chi connectivity index (χ2n) is 4.09. The zero-order valence-corrected chi connectivity index (χ0v) is 9.65. The predicted molar refractivity (Wildman–Crippen MR) is 63.9 cm³/mol. The van der Waals surface area contributed by atoms with Crippen LogP contribution >= 0.6 is 11.6 Å². The molecule has 1 rings (SSSR count). The zero-order valence-electron chi connectivity index (χ0n) is 8.89. The topological polar surface area (TPSA) is 38.0 Å². The standard InChI is InChI=1S/C11H17ClN2/c1-4-11(2,3)14-10-6-5-8(12)7-9(10)13/h5-7,14H,4,13H2,1-3H3. The highest BCUT2D eigenvalue weighted by Gasteiger charge is 2.15. The van der Waals surface area contributed by atoms with Crippen LogP contribution < -0.4 is 11.1 Å². The van der Waals surface area contributed by atoms with E-state index in [1.807, 2.05) is 12.1 Å². The fourth-order valence-electron chi connectivity index (χ4n) is 1.10. The molecule has 3 N–H and O–H groups in total. The summed E-state index contributed by atoms with van der Waals surface area (Å²) >= 11 is 5.81. The fourth-order valence-corrected chi connectivity index (χ4v) is 1.28. The minimum Gasteiger partial charge on any atom is -0.397 e. The van der Waals surface area contributed by atoms with Gasteiger partial charge in [0.15, 0.2) is 0 Å². The fraction of sp³-hybridized carbons (Fsp3) is 0.455. The maximum Gasteiger partial charge on any atom is 0.0579 e. The van der Waals surface area contributed by atoms with Gasteiger partial charge < -0.3 is 11.1 Å². The van der Waals surface area contributed by atoms with Crippen LogP contribution in [0.5, 0.6) is 0 Å². The lowest BCUT2D eigenvalue weighted by atomic mass is 10.0. The van der Waals surface area contributed by atoms with Gasteiger partial charge in [0.2, 0.25) is 0 Å². The summed E-state index contributed by atoms with van der Waals surface area (Å²) in [5, 5.41) is 4.05. The van der Waals surface area contributed by atoms with Gasteiger partial charge in [-0.05, 0) is 38.5 Å². The highest BCUT2D eigenvalue weighted by Crippen LogP contribution is 2.26. The molecule has 78 valence electrons. The van der Waals surface area contributed by atoms with Gasteiger partial charge in [0, 0.05) is 10.6 Å². The maximum atomic E-state index is 5.84. The van der Waals surface area contributed by atoms with E-state index in [-0.39, 0.29) is 5.54 Å². The molecule has 0 radical (unpaired) electrons. The first-order valence-electron chi connectivity index (χ1n) is 4.78. The molecule has 0 saturated carbocycles. The van der Waals surface area contributed by atoms with E-state index in [1.165, 1.54) is 0 Å². The van der Waals surface area contributed by atoms with Gasteiger partial charge >= 0.3 is 0 Å². The van der Waals surface area contributed by atoms with Crippen LogP contribution in [0.2, 0.25) is 5.02 Å². The van der Waals surface area contributed by atoms with Gasteiger partial charge in [-0.25, -0.2) is 0 Å². The number of nitrogens with two attached hydrogens (primary N) is 1. The highest BCUT2D eigenvalue weighted by molar-refractivity contribution is 6.31. The van der Waals surface area contributed by atoms with Crippen LogP contribution in [0.15, 0.2) is 18.2 Å². The monoisotopic (exact) mass is 212 g/mol. The molecule has 3 heteroatoms. The molecule has 0 saturated heterocycles. The minimum absolute atomic E-state index is 0.0575. The van der Waals surface area contributed by atoms with E-state index in [4.69, 9.17) is 17.3 Å². The Labute approximate surface area is 90.4 Å². The largest absolute Gasteiger partial charge is 0.397 e. The summed E-state index contributed by atoms with van der Waals surface area (Å²) < 4.78 is 0. The second kappa shape index (κ2) is 4.09. The summed E-state index contributed by atoms with van der Waals surface area (Å²) in [7, 11) is 0. The number of benzene rings is 1. The second-order valence-corrected chi connectivity index (χ2v) is 4.53. The van der Waals surface area contributed by atoms with Crippen molar-refractivity contribution >= 4 is 23.0 Å². The van der Waals surface area contributed by atoms with E-state index >= 15 is 0 Å². The average molecular weight is 213 g/mol. The molecule has 0 aliphatic heterocycles. The number of nitrogens with one attached hydrogen (secondary N) is 1. The minimum atomic E-state index is 0.0575.